The Hall–Kier alpha value is -2.31. The molecule has 0 radical (unpaired) electrons. The van der Waals surface area contributed by atoms with Crippen molar-refractivity contribution in [3.8, 4) is 5.75 Å². The van der Waals surface area contributed by atoms with E-state index in [2.05, 4.69) is 9.71 Å². The van der Waals surface area contributed by atoms with Crippen LogP contribution in [0.5, 0.6) is 5.75 Å². The van der Waals surface area contributed by atoms with E-state index in [1.54, 1.807) is 25.3 Å². The minimum absolute atomic E-state index is 0.169. The highest BCUT2D eigenvalue weighted by atomic mass is 32.2. The summed E-state index contributed by atoms with van der Waals surface area (Å²) in [7, 11) is -1.98. The summed E-state index contributed by atoms with van der Waals surface area (Å²) in [6.07, 6.45) is 0. The number of H-pyrrole nitrogens is 1. The molecule has 0 saturated heterocycles. The second kappa shape index (κ2) is 5.82. The molecule has 5 nitrogen and oxygen atoms in total. The van der Waals surface area contributed by atoms with Gasteiger partial charge in [0.15, 0.2) is 0 Å². The van der Waals surface area contributed by atoms with Crippen LogP contribution in [-0.4, -0.2) is 20.5 Å². The molecule has 3 aromatic rings. The van der Waals surface area contributed by atoms with Gasteiger partial charge in [-0.2, -0.15) is 0 Å². The first-order chi connectivity index (χ1) is 10.6. The third kappa shape index (κ3) is 2.98. The molecular weight excluding hydrogens is 300 g/mol. The lowest BCUT2D eigenvalue weighted by Gasteiger charge is -2.06. The molecule has 2 N–H and O–H groups in total. The Morgan fingerprint density at radius 1 is 1.09 bits per heavy atom. The number of aromatic amines is 1. The lowest BCUT2D eigenvalue weighted by Crippen LogP contribution is -2.23. The third-order valence-electron chi connectivity index (χ3n) is 3.42. The Bertz CT molecular complexity index is 850. The molecule has 22 heavy (non-hydrogen) atoms. The zero-order valence-electron chi connectivity index (χ0n) is 12.0. The standard InChI is InChI=1S/C16H16N2O3S/c1-21-14-8-6-12(7-9-14)11-17-22(19,20)16-10-13-4-2-3-5-15(13)18-16/h2-10,17-18H,11H2,1H3. The van der Waals surface area contributed by atoms with Crippen LogP contribution in [0.1, 0.15) is 5.56 Å². The molecule has 2 aromatic carbocycles. The number of sulfonamides is 1. The molecule has 0 spiro atoms. The van der Waals surface area contributed by atoms with Gasteiger partial charge in [-0.15, -0.1) is 0 Å². The van der Waals surface area contributed by atoms with Gasteiger partial charge in [-0.25, -0.2) is 13.1 Å². The molecule has 0 aliphatic rings. The van der Waals surface area contributed by atoms with Crippen molar-refractivity contribution < 1.29 is 13.2 Å². The maximum Gasteiger partial charge on any atom is 0.256 e. The third-order valence-corrected chi connectivity index (χ3v) is 4.74. The summed E-state index contributed by atoms with van der Waals surface area (Å²) >= 11 is 0. The predicted octanol–water partition coefficient (Wildman–Crippen LogP) is 2.66. The maximum absolute atomic E-state index is 12.3. The van der Waals surface area contributed by atoms with Gasteiger partial charge in [-0.05, 0) is 29.8 Å². The van der Waals surface area contributed by atoms with Gasteiger partial charge in [0.05, 0.1) is 7.11 Å². The van der Waals surface area contributed by atoms with Crippen molar-refractivity contribution in [1.82, 2.24) is 9.71 Å². The summed E-state index contributed by atoms with van der Waals surface area (Å²) < 4.78 is 32.3. The van der Waals surface area contributed by atoms with Gasteiger partial charge in [0.25, 0.3) is 10.0 Å². The smallest absolute Gasteiger partial charge is 0.256 e. The first-order valence-corrected chi connectivity index (χ1v) is 8.27. The van der Waals surface area contributed by atoms with E-state index in [-0.39, 0.29) is 11.6 Å². The molecule has 1 aromatic heterocycles. The Morgan fingerprint density at radius 3 is 2.50 bits per heavy atom. The van der Waals surface area contributed by atoms with Gasteiger partial charge >= 0.3 is 0 Å². The molecule has 6 heteroatoms. The summed E-state index contributed by atoms with van der Waals surface area (Å²) in [4.78, 5) is 2.92. The number of benzene rings is 2. The maximum atomic E-state index is 12.3. The van der Waals surface area contributed by atoms with Crippen LogP contribution in [0, 0.1) is 0 Å². The molecule has 0 bridgehead atoms. The molecule has 0 saturated carbocycles. The van der Waals surface area contributed by atoms with Crippen LogP contribution in [0.25, 0.3) is 10.9 Å². The summed E-state index contributed by atoms with van der Waals surface area (Å²) in [5.41, 5.74) is 1.66. The zero-order chi connectivity index (χ0) is 15.6. The predicted molar refractivity (Wildman–Crippen MR) is 85.3 cm³/mol. The highest BCUT2D eigenvalue weighted by Crippen LogP contribution is 2.18. The van der Waals surface area contributed by atoms with E-state index in [4.69, 9.17) is 4.74 Å². The van der Waals surface area contributed by atoms with E-state index in [1.807, 2.05) is 36.4 Å². The molecule has 0 amide bonds. The molecule has 0 aliphatic carbocycles. The van der Waals surface area contributed by atoms with Crippen LogP contribution < -0.4 is 9.46 Å². The molecule has 114 valence electrons. The van der Waals surface area contributed by atoms with Crippen LogP contribution in [-0.2, 0) is 16.6 Å². The SMILES string of the molecule is COc1ccc(CNS(=O)(=O)c2cc3ccccc3[nH]2)cc1. The molecule has 1 heterocycles. The fourth-order valence-electron chi connectivity index (χ4n) is 2.19. The first-order valence-electron chi connectivity index (χ1n) is 6.79. The minimum Gasteiger partial charge on any atom is -0.497 e. The van der Waals surface area contributed by atoms with Crippen LogP contribution in [0.15, 0.2) is 59.6 Å². The van der Waals surface area contributed by atoms with E-state index in [1.165, 1.54) is 0 Å². The summed E-state index contributed by atoms with van der Waals surface area (Å²) in [6.45, 7) is 0.224. The molecule has 0 atom stereocenters. The van der Waals surface area contributed by atoms with Crippen molar-refractivity contribution in [1.29, 1.82) is 0 Å². The monoisotopic (exact) mass is 316 g/mol. The first kappa shape index (κ1) is 14.6. The fourth-order valence-corrected chi connectivity index (χ4v) is 3.23. The second-order valence-electron chi connectivity index (χ2n) is 4.89. The summed E-state index contributed by atoms with van der Waals surface area (Å²) in [5.74, 6) is 0.738. The average molecular weight is 316 g/mol. The lowest BCUT2D eigenvalue weighted by atomic mass is 10.2. The minimum atomic E-state index is -3.57. The highest BCUT2D eigenvalue weighted by molar-refractivity contribution is 7.89. The quantitative estimate of drug-likeness (QED) is 0.760. The van der Waals surface area contributed by atoms with Crippen molar-refractivity contribution in [2.45, 2.75) is 11.6 Å². The number of rotatable bonds is 5. The van der Waals surface area contributed by atoms with E-state index in [9.17, 15) is 8.42 Å². The van der Waals surface area contributed by atoms with Crippen molar-refractivity contribution >= 4 is 20.9 Å². The largest absolute Gasteiger partial charge is 0.497 e. The highest BCUT2D eigenvalue weighted by Gasteiger charge is 2.16. The number of para-hydroxylation sites is 1. The number of ether oxygens (including phenoxy) is 1. The van der Waals surface area contributed by atoms with E-state index < -0.39 is 10.0 Å². The zero-order valence-corrected chi connectivity index (χ0v) is 12.9. The number of methoxy groups -OCH3 is 1. The Morgan fingerprint density at radius 2 is 1.82 bits per heavy atom. The van der Waals surface area contributed by atoms with E-state index in [0.29, 0.717) is 0 Å². The van der Waals surface area contributed by atoms with Gasteiger partial charge in [0.2, 0.25) is 0 Å². The Labute approximate surface area is 129 Å². The Kier molecular flexibility index (Phi) is 3.87. The van der Waals surface area contributed by atoms with Crippen molar-refractivity contribution in [2.24, 2.45) is 0 Å². The molecule has 0 fully saturated rings. The van der Waals surface area contributed by atoms with Crippen LogP contribution in [0.2, 0.25) is 0 Å². The van der Waals surface area contributed by atoms with Gasteiger partial charge in [0.1, 0.15) is 10.8 Å². The van der Waals surface area contributed by atoms with Crippen LogP contribution >= 0.6 is 0 Å². The summed E-state index contributed by atoms with van der Waals surface area (Å²) in [6, 6.07) is 16.3. The molecule has 0 aliphatic heterocycles. The van der Waals surface area contributed by atoms with Crippen molar-refractivity contribution in [3.63, 3.8) is 0 Å². The number of nitrogens with one attached hydrogen (secondary N) is 2. The number of hydrogen-bond acceptors (Lipinski definition) is 3. The van der Waals surface area contributed by atoms with Crippen LogP contribution in [0.3, 0.4) is 0 Å². The summed E-state index contributed by atoms with van der Waals surface area (Å²) in [5, 5.41) is 1.04. The normalized spacial score (nSPS) is 11.7. The Balaban J connectivity index is 1.77. The van der Waals surface area contributed by atoms with Gasteiger partial charge in [0, 0.05) is 17.4 Å². The van der Waals surface area contributed by atoms with Gasteiger partial charge in [-0.1, -0.05) is 30.3 Å². The second-order valence-corrected chi connectivity index (χ2v) is 6.63. The van der Waals surface area contributed by atoms with Crippen molar-refractivity contribution in [3.05, 3.63) is 60.2 Å². The van der Waals surface area contributed by atoms with Gasteiger partial charge < -0.3 is 9.72 Å². The lowest BCUT2D eigenvalue weighted by molar-refractivity contribution is 0.414. The number of aromatic nitrogens is 1. The fraction of sp³-hybridized carbons (Fsp3) is 0.125. The average Bonchev–Trinajstić information content (AvgIpc) is 2.98. The van der Waals surface area contributed by atoms with Crippen molar-refractivity contribution in [2.75, 3.05) is 7.11 Å². The van der Waals surface area contributed by atoms with Gasteiger partial charge in [-0.3, -0.25) is 0 Å². The van der Waals surface area contributed by atoms with E-state index in [0.717, 1.165) is 22.2 Å². The van der Waals surface area contributed by atoms with E-state index >= 15 is 0 Å². The number of hydrogen-bond donors (Lipinski definition) is 2. The molecular formula is C16H16N2O3S. The molecule has 0 unspecified atom stereocenters. The topological polar surface area (TPSA) is 71.2 Å². The molecule has 3 rings (SSSR count). The van der Waals surface area contributed by atoms with Crippen LogP contribution in [0.4, 0.5) is 0 Å². The number of fused-ring (bicyclic) bond motifs is 1.